The third-order valence-corrected chi connectivity index (χ3v) is 3.45. The van der Waals surface area contributed by atoms with Gasteiger partial charge in [0.15, 0.2) is 11.6 Å². The van der Waals surface area contributed by atoms with Crippen molar-refractivity contribution in [2.75, 3.05) is 24.6 Å². The summed E-state index contributed by atoms with van der Waals surface area (Å²) < 4.78 is 31.6. The Morgan fingerprint density at radius 1 is 1.36 bits per heavy atom. The van der Waals surface area contributed by atoms with Crippen LogP contribution in [-0.2, 0) is 14.3 Å². The maximum absolute atomic E-state index is 13.3. The smallest absolute Gasteiger partial charge is 0.240 e. The van der Waals surface area contributed by atoms with E-state index in [1.165, 1.54) is 13.0 Å². The first kappa shape index (κ1) is 16.4. The molecule has 0 bridgehead atoms. The maximum Gasteiger partial charge on any atom is 0.240 e. The van der Waals surface area contributed by atoms with Crippen LogP contribution in [0.4, 0.5) is 14.5 Å². The molecule has 1 aliphatic heterocycles. The van der Waals surface area contributed by atoms with Crippen molar-refractivity contribution >= 4 is 17.5 Å². The lowest BCUT2D eigenvalue weighted by Crippen LogP contribution is -2.42. The number of amides is 2. The van der Waals surface area contributed by atoms with E-state index in [0.29, 0.717) is 13.2 Å². The molecule has 1 saturated heterocycles. The number of carbonyl (C=O) groups is 2. The summed E-state index contributed by atoms with van der Waals surface area (Å²) in [5.74, 6) is -2.88. The third-order valence-electron chi connectivity index (χ3n) is 3.45. The highest BCUT2D eigenvalue weighted by Crippen LogP contribution is 2.18. The second kappa shape index (κ2) is 7.31. The van der Waals surface area contributed by atoms with Crippen molar-refractivity contribution < 1.29 is 23.1 Å². The summed E-state index contributed by atoms with van der Waals surface area (Å²) in [6.07, 6.45) is 1.85. The van der Waals surface area contributed by atoms with Crippen LogP contribution in [0, 0.1) is 11.6 Å². The molecule has 0 radical (unpaired) electrons. The van der Waals surface area contributed by atoms with Gasteiger partial charge in [0.1, 0.15) is 6.54 Å². The maximum atomic E-state index is 13.3. The Labute approximate surface area is 127 Å². The number of anilines is 1. The Kier molecular flexibility index (Phi) is 5.43. The first-order chi connectivity index (χ1) is 10.5. The van der Waals surface area contributed by atoms with E-state index in [-0.39, 0.29) is 24.2 Å². The third kappa shape index (κ3) is 4.24. The minimum atomic E-state index is -1.07. The number of nitrogens with one attached hydrogen (secondary N) is 1. The van der Waals surface area contributed by atoms with Crippen molar-refractivity contribution in [2.24, 2.45) is 0 Å². The van der Waals surface area contributed by atoms with Gasteiger partial charge in [0.25, 0.3) is 0 Å². The Balaban J connectivity index is 1.97. The Morgan fingerprint density at radius 2 is 2.14 bits per heavy atom. The second-order valence-corrected chi connectivity index (χ2v) is 5.14. The molecular weight excluding hydrogens is 294 g/mol. The van der Waals surface area contributed by atoms with Gasteiger partial charge >= 0.3 is 0 Å². The van der Waals surface area contributed by atoms with E-state index < -0.39 is 17.5 Å². The molecule has 0 spiro atoms. The second-order valence-electron chi connectivity index (χ2n) is 5.14. The number of ether oxygens (including phenoxy) is 1. The lowest BCUT2D eigenvalue weighted by molar-refractivity contribution is -0.123. The molecule has 0 aromatic heterocycles. The summed E-state index contributed by atoms with van der Waals surface area (Å²) >= 11 is 0. The zero-order valence-electron chi connectivity index (χ0n) is 12.3. The normalized spacial score (nSPS) is 17.3. The highest BCUT2D eigenvalue weighted by molar-refractivity contribution is 5.97. The van der Waals surface area contributed by atoms with Crippen molar-refractivity contribution in [1.82, 2.24) is 5.32 Å². The zero-order chi connectivity index (χ0) is 16.1. The minimum absolute atomic E-state index is 0.00186. The molecule has 1 atom stereocenters. The molecule has 1 fully saturated rings. The molecule has 1 aromatic carbocycles. The van der Waals surface area contributed by atoms with Crippen LogP contribution in [-0.4, -0.2) is 37.6 Å². The molecule has 0 saturated carbocycles. The van der Waals surface area contributed by atoms with E-state index in [4.69, 9.17) is 4.74 Å². The molecular formula is C15H18F2N2O3. The van der Waals surface area contributed by atoms with Crippen molar-refractivity contribution in [2.45, 2.75) is 25.9 Å². The number of halogens is 2. The molecule has 1 aliphatic rings. The molecule has 22 heavy (non-hydrogen) atoms. The molecule has 5 nitrogen and oxygen atoms in total. The molecule has 2 rings (SSSR count). The first-order valence-corrected chi connectivity index (χ1v) is 7.09. The van der Waals surface area contributed by atoms with Gasteiger partial charge in [0.2, 0.25) is 11.8 Å². The largest absolute Gasteiger partial charge is 0.376 e. The van der Waals surface area contributed by atoms with E-state index >= 15 is 0 Å². The molecule has 1 aromatic rings. The topological polar surface area (TPSA) is 58.6 Å². The molecule has 1 heterocycles. The summed E-state index contributed by atoms with van der Waals surface area (Å²) in [6, 6.07) is 3.07. The van der Waals surface area contributed by atoms with Gasteiger partial charge in [-0.2, -0.15) is 0 Å². The number of nitrogens with zero attached hydrogens (tertiary/aromatic N) is 1. The number of hydrogen-bond donors (Lipinski definition) is 1. The standard InChI is InChI=1S/C15H18F2N2O3/c1-10(20)19(11-4-5-13(16)14(17)7-11)9-15(21)18-8-12-3-2-6-22-12/h4-5,7,12H,2-3,6,8-9H2,1H3,(H,18,21). The fraction of sp³-hybridized carbons (Fsp3) is 0.467. The highest BCUT2D eigenvalue weighted by Gasteiger charge is 2.20. The fourth-order valence-electron chi connectivity index (χ4n) is 2.27. The zero-order valence-corrected chi connectivity index (χ0v) is 12.3. The average molecular weight is 312 g/mol. The molecule has 120 valence electrons. The Hall–Kier alpha value is -2.02. The molecule has 1 unspecified atom stereocenters. The van der Waals surface area contributed by atoms with Crippen molar-refractivity contribution in [3.05, 3.63) is 29.8 Å². The average Bonchev–Trinajstić information content (AvgIpc) is 2.98. The summed E-state index contributed by atoms with van der Waals surface area (Å²) in [6.45, 7) is 2.07. The van der Waals surface area contributed by atoms with E-state index in [9.17, 15) is 18.4 Å². The SMILES string of the molecule is CC(=O)N(CC(=O)NCC1CCCO1)c1ccc(F)c(F)c1. The van der Waals surface area contributed by atoms with Crippen molar-refractivity contribution in [3.63, 3.8) is 0 Å². The van der Waals surface area contributed by atoms with Crippen LogP contribution in [0.15, 0.2) is 18.2 Å². The number of benzene rings is 1. The van der Waals surface area contributed by atoms with Crippen molar-refractivity contribution in [3.8, 4) is 0 Å². The van der Waals surface area contributed by atoms with E-state index in [0.717, 1.165) is 29.9 Å². The van der Waals surface area contributed by atoms with Gasteiger partial charge in [-0.1, -0.05) is 0 Å². The predicted molar refractivity (Wildman–Crippen MR) is 76.4 cm³/mol. The lowest BCUT2D eigenvalue weighted by atomic mass is 10.2. The van der Waals surface area contributed by atoms with Gasteiger partial charge in [-0.25, -0.2) is 8.78 Å². The van der Waals surface area contributed by atoms with Gasteiger partial charge in [-0.15, -0.1) is 0 Å². The quantitative estimate of drug-likeness (QED) is 0.899. The number of carbonyl (C=O) groups excluding carboxylic acids is 2. The predicted octanol–water partition coefficient (Wildman–Crippen LogP) is 1.61. The van der Waals surface area contributed by atoms with Crippen LogP contribution >= 0.6 is 0 Å². The van der Waals surface area contributed by atoms with Gasteiger partial charge in [0, 0.05) is 31.8 Å². The van der Waals surface area contributed by atoms with E-state index in [1.54, 1.807) is 0 Å². The molecule has 7 heteroatoms. The lowest BCUT2D eigenvalue weighted by Gasteiger charge is -2.21. The molecule has 0 aliphatic carbocycles. The van der Waals surface area contributed by atoms with Crippen LogP contribution in [0.2, 0.25) is 0 Å². The Morgan fingerprint density at radius 3 is 2.73 bits per heavy atom. The van der Waals surface area contributed by atoms with Gasteiger partial charge < -0.3 is 15.0 Å². The summed E-state index contributed by atoms with van der Waals surface area (Å²) in [4.78, 5) is 24.6. The highest BCUT2D eigenvalue weighted by atomic mass is 19.2. The van der Waals surface area contributed by atoms with Crippen LogP contribution in [0.25, 0.3) is 0 Å². The summed E-state index contributed by atoms with van der Waals surface area (Å²) in [7, 11) is 0. The monoisotopic (exact) mass is 312 g/mol. The van der Waals surface area contributed by atoms with Gasteiger partial charge in [-0.05, 0) is 25.0 Å². The number of hydrogen-bond acceptors (Lipinski definition) is 3. The first-order valence-electron chi connectivity index (χ1n) is 7.09. The Bertz CT molecular complexity index is 560. The van der Waals surface area contributed by atoms with E-state index in [2.05, 4.69) is 5.32 Å². The fourth-order valence-corrected chi connectivity index (χ4v) is 2.27. The number of rotatable bonds is 5. The summed E-state index contributed by atoms with van der Waals surface area (Å²) in [5, 5.41) is 2.68. The van der Waals surface area contributed by atoms with Crippen molar-refractivity contribution in [1.29, 1.82) is 0 Å². The van der Waals surface area contributed by atoms with Crippen LogP contribution in [0.1, 0.15) is 19.8 Å². The van der Waals surface area contributed by atoms with Crippen LogP contribution in [0.3, 0.4) is 0 Å². The molecule has 2 amide bonds. The minimum Gasteiger partial charge on any atom is -0.376 e. The van der Waals surface area contributed by atoms with Crippen LogP contribution < -0.4 is 10.2 Å². The van der Waals surface area contributed by atoms with Gasteiger partial charge in [-0.3, -0.25) is 9.59 Å². The molecule has 1 N–H and O–H groups in total. The van der Waals surface area contributed by atoms with Gasteiger partial charge in [0.05, 0.1) is 6.10 Å². The summed E-state index contributed by atoms with van der Waals surface area (Å²) in [5.41, 5.74) is 0.138. The van der Waals surface area contributed by atoms with E-state index in [1.807, 2.05) is 0 Å². The van der Waals surface area contributed by atoms with Crippen LogP contribution in [0.5, 0.6) is 0 Å².